The highest BCUT2D eigenvalue weighted by Crippen LogP contribution is 2.17. The highest BCUT2D eigenvalue weighted by molar-refractivity contribution is 9.10. The van der Waals surface area contributed by atoms with Crippen molar-refractivity contribution in [2.45, 2.75) is 13.0 Å². The van der Waals surface area contributed by atoms with Crippen LogP contribution in [0.2, 0.25) is 5.15 Å². The molecule has 1 saturated heterocycles. The van der Waals surface area contributed by atoms with Crippen LogP contribution >= 0.6 is 27.5 Å². The second kappa shape index (κ2) is 7.36. The molecule has 1 aliphatic heterocycles. The van der Waals surface area contributed by atoms with Crippen molar-refractivity contribution in [1.29, 1.82) is 0 Å². The maximum Gasteiger partial charge on any atom is 0.254 e. The number of rotatable bonds is 4. The quantitative estimate of drug-likeness (QED) is 0.832. The second-order valence-electron chi connectivity index (χ2n) is 4.59. The summed E-state index contributed by atoms with van der Waals surface area (Å²) in [5, 5.41) is 3.04. The van der Waals surface area contributed by atoms with Gasteiger partial charge in [-0.05, 0) is 28.5 Å². The average Bonchev–Trinajstić information content (AvgIpc) is 2.47. The number of nitrogens with one attached hydrogen (secondary N) is 1. The molecule has 0 radical (unpaired) electrons. The maximum atomic E-state index is 12.1. The lowest BCUT2D eigenvalue weighted by atomic mass is 10.2. The number of carbonyl (C=O) groups excluding carboxylic acids is 1. The number of carbonyl (C=O) groups is 1. The Morgan fingerprint density at radius 3 is 3.25 bits per heavy atom. The molecule has 5 nitrogen and oxygen atoms in total. The molecule has 0 spiro atoms. The van der Waals surface area contributed by atoms with Crippen LogP contribution in [-0.2, 0) is 4.74 Å². The minimum Gasteiger partial charge on any atom is -0.374 e. The fraction of sp³-hybridized carbons (Fsp3) is 0.538. The molecule has 1 aromatic rings. The van der Waals surface area contributed by atoms with Crippen LogP contribution in [0.15, 0.2) is 16.7 Å². The van der Waals surface area contributed by atoms with Crippen LogP contribution in [0.5, 0.6) is 0 Å². The van der Waals surface area contributed by atoms with E-state index >= 15 is 0 Å². The van der Waals surface area contributed by atoms with E-state index in [4.69, 9.17) is 16.3 Å². The largest absolute Gasteiger partial charge is 0.374 e. The number of aromatic nitrogens is 1. The van der Waals surface area contributed by atoms with E-state index in [-0.39, 0.29) is 17.2 Å². The summed E-state index contributed by atoms with van der Waals surface area (Å²) in [6, 6.07) is 1.66. The minimum absolute atomic E-state index is 0.0199. The number of hydrogen-bond donors (Lipinski definition) is 1. The van der Waals surface area contributed by atoms with Crippen molar-refractivity contribution >= 4 is 33.4 Å². The number of morpholine rings is 1. The molecule has 0 saturated carbocycles. The van der Waals surface area contributed by atoms with Crippen LogP contribution in [0.4, 0.5) is 0 Å². The average molecular weight is 363 g/mol. The van der Waals surface area contributed by atoms with Crippen LogP contribution in [0.25, 0.3) is 0 Å². The van der Waals surface area contributed by atoms with E-state index < -0.39 is 0 Å². The minimum atomic E-state index is -0.235. The lowest BCUT2D eigenvalue weighted by molar-refractivity contribution is -0.0246. The molecule has 1 unspecified atom stereocenters. The third-order valence-corrected chi connectivity index (χ3v) is 3.95. The molecule has 0 aliphatic carbocycles. The number of amides is 1. The maximum absolute atomic E-state index is 12.1. The lowest BCUT2D eigenvalue weighted by Gasteiger charge is -2.32. The standard InChI is InChI=1S/C13H17BrClN3O2/c1-2-18-3-4-20-10(8-18)7-17-13(19)11-5-9(14)6-16-12(11)15/h5-6,10H,2-4,7-8H2,1H3,(H,17,19). The van der Waals surface area contributed by atoms with E-state index in [2.05, 4.69) is 38.1 Å². The van der Waals surface area contributed by atoms with Crippen molar-refractivity contribution < 1.29 is 9.53 Å². The molecule has 1 fully saturated rings. The monoisotopic (exact) mass is 361 g/mol. The highest BCUT2D eigenvalue weighted by Gasteiger charge is 2.20. The van der Waals surface area contributed by atoms with Crippen LogP contribution in [0.3, 0.4) is 0 Å². The summed E-state index contributed by atoms with van der Waals surface area (Å²) in [6.07, 6.45) is 1.58. The third kappa shape index (κ3) is 4.15. The van der Waals surface area contributed by atoms with Crippen LogP contribution in [0, 0.1) is 0 Å². The SMILES string of the molecule is CCN1CCOC(CNC(=O)c2cc(Br)cnc2Cl)C1. The van der Waals surface area contributed by atoms with Crippen LogP contribution in [-0.4, -0.2) is 54.7 Å². The normalized spacial score (nSPS) is 19.9. The Balaban J connectivity index is 1.90. The third-order valence-electron chi connectivity index (χ3n) is 3.21. The Morgan fingerprint density at radius 1 is 1.70 bits per heavy atom. The second-order valence-corrected chi connectivity index (χ2v) is 5.86. The lowest BCUT2D eigenvalue weighted by Crippen LogP contribution is -2.47. The van der Waals surface area contributed by atoms with Crippen molar-refractivity contribution in [3.8, 4) is 0 Å². The Hall–Kier alpha value is -0.690. The molecule has 0 bridgehead atoms. The molecule has 0 aromatic carbocycles. The van der Waals surface area contributed by atoms with Gasteiger partial charge >= 0.3 is 0 Å². The number of pyridine rings is 1. The van der Waals surface area contributed by atoms with E-state index in [0.29, 0.717) is 18.7 Å². The first-order valence-electron chi connectivity index (χ1n) is 6.53. The number of ether oxygens (including phenoxy) is 1. The Kier molecular flexibility index (Phi) is 5.77. The molecule has 1 atom stereocenters. The van der Waals surface area contributed by atoms with Gasteiger partial charge in [-0.2, -0.15) is 0 Å². The number of likely N-dealkylation sites (N-methyl/N-ethyl adjacent to an activating group) is 1. The molecule has 1 aliphatic rings. The van der Waals surface area contributed by atoms with Crippen LogP contribution in [0.1, 0.15) is 17.3 Å². The summed E-state index contributed by atoms with van der Waals surface area (Å²) < 4.78 is 6.36. The van der Waals surface area contributed by atoms with Gasteiger partial charge in [0.15, 0.2) is 0 Å². The van der Waals surface area contributed by atoms with E-state index in [1.807, 2.05) is 0 Å². The summed E-state index contributed by atoms with van der Waals surface area (Å²) in [7, 11) is 0. The van der Waals surface area contributed by atoms with Gasteiger partial charge < -0.3 is 10.1 Å². The summed E-state index contributed by atoms with van der Waals surface area (Å²) in [6.45, 7) is 6.07. The van der Waals surface area contributed by atoms with Gasteiger partial charge in [-0.3, -0.25) is 9.69 Å². The van der Waals surface area contributed by atoms with E-state index in [1.54, 1.807) is 12.3 Å². The predicted molar refractivity (Wildman–Crippen MR) is 81.1 cm³/mol. The van der Waals surface area contributed by atoms with Crippen LogP contribution < -0.4 is 5.32 Å². The number of hydrogen-bond acceptors (Lipinski definition) is 4. The van der Waals surface area contributed by atoms with E-state index in [1.165, 1.54) is 0 Å². The van der Waals surface area contributed by atoms with Gasteiger partial charge in [-0.25, -0.2) is 4.98 Å². The summed E-state index contributed by atoms with van der Waals surface area (Å²) in [4.78, 5) is 18.3. The Bertz CT molecular complexity index is 487. The molecule has 1 amide bonds. The molecular weight excluding hydrogens is 346 g/mol. The van der Waals surface area contributed by atoms with Crippen molar-refractivity contribution in [2.24, 2.45) is 0 Å². The van der Waals surface area contributed by atoms with Gasteiger partial charge in [0, 0.05) is 30.3 Å². The summed E-state index contributed by atoms with van der Waals surface area (Å²) >= 11 is 9.20. The first kappa shape index (κ1) is 15.7. The van der Waals surface area contributed by atoms with Gasteiger partial charge in [-0.1, -0.05) is 18.5 Å². The molecule has 20 heavy (non-hydrogen) atoms. The van der Waals surface area contributed by atoms with Crippen molar-refractivity contribution in [3.63, 3.8) is 0 Å². The summed E-state index contributed by atoms with van der Waals surface area (Å²) in [5.41, 5.74) is 0.365. The zero-order valence-electron chi connectivity index (χ0n) is 11.2. The van der Waals surface area contributed by atoms with E-state index in [0.717, 1.165) is 24.1 Å². The zero-order chi connectivity index (χ0) is 14.5. The molecule has 1 aromatic heterocycles. The van der Waals surface area contributed by atoms with Crippen molar-refractivity contribution in [3.05, 3.63) is 27.5 Å². The fourth-order valence-corrected chi connectivity index (χ4v) is 2.60. The van der Waals surface area contributed by atoms with Gasteiger partial charge in [0.1, 0.15) is 5.15 Å². The van der Waals surface area contributed by atoms with Gasteiger partial charge in [0.05, 0.1) is 18.3 Å². The van der Waals surface area contributed by atoms with Gasteiger partial charge in [-0.15, -0.1) is 0 Å². The fourth-order valence-electron chi connectivity index (χ4n) is 2.07. The van der Waals surface area contributed by atoms with Crippen molar-refractivity contribution in [2.75, 3.05) is 32.8 Å². The highest BCUT2D eigenvalue weighted by atomic mass is 79.9. The molecule has 2 heterocycles. The topological polar surface area (TPSA) is 54.5 Å². The molecule has 110 valence electrons. The number of halogens is 2. The first-order chi connectivity index (χ1) is 9.60. The Morgan fingerprint density at radius 2 is 2.50 bits per heavy atom. The molecule has 2 rings (SSSR count). The summed E-state index contributed by atoms with van der Waals surface area (Å²) in [5.74, 6) is -0.235. The zero-order valence-corrected chi connectivity index (χ0v) is 13.6. The smallest absolute Gasteiger partial charge is 0.254 e. The van der Waals surface area contributed by atoms with Crippen molar-refractivity contribution in [1.82, 2.24) is 15.2 Å². The van der Waals surface area contributed by atoms with Gasteiger partial charge in [0.25, 0.3) is 5.91 Å². The van der Waals surface area contributed by atoms with Gasteiger partial charge in [0.2, 0.25) is 0 Å². The molecule has 7 heteroatoms. The Labute approximate surface area is 131 Å². The molecular formula is C13H17BrClN3O2. The van der Waals surface area contributed by atoms with E-state index in [9.17, 15) is 4.79 Å². The first-order valence-corrected chi connectivity index (χ1v) is 7.70. The molecule has 1 N–H and O–H groups in total. The number of nitrogens with zero attached hydrogens (tertiary/aromatic N) is 2. The predicted octanol–water partition coefficient (Wildman–Crippen LogP) is 1.95.